The van der Waals surface area contributed by atoms with E-state index in [1.54, 1.807) is 0 Å². The zero-order valence-electron chi connectivity index (χ0n) is 9.89. The van der Waals surface area contributed by atoms with Gasteiger partial charge in [0, 0.05) is 6.54 Å². The maximum atomic E-state index is 13.3. The van der Waals surface area contributed by atoms with Gasteiger partial charge in [0.1, 0.15) is 0 Å². The van der Waals surface area contributed by atoms with E-state index in [9.17, 15) is 13.6 Å². The number of carbonyl (C=O) groups is 1. The van der Waals surface area contributed by atoms with Gasteiger partial charge in [-0.2, -0.15) is 0 Å². The molecule has 5 heteroatoms. The summed E-state index contributed by atoms with van der Waals surface area (Å²) >= 11 is 0. The van der Waals surface area contributed by atoms with E-state index in [4.69, 9.17) is 0 Å². The Balaban J connectivity index is 2.61. The molecule has 0 saturated heterocycles. The Labute approximate surface area is 99.2 Å². The first kappa shape index (κ1) is 13.6. The molecular weight excluding hydrogens is 226 g/mol. The highest BCUT2D eigenvalue weighted by Gasteiger charge is 2.15. The van der Waals surface area contributed by atoms with Crippen LogP contribution in [0.15, 0.2) is 18.2 Å². The minimum atomic E-state index is -1.11. The fourth-order valence-electron chi connectivity index (χ4n) is 1.46. The van der Waals surface area contributed by atoms with Crippen LogP contribution < -0.4 is 10.6 Å². The van der Waals surface area contributed by atoms with E-state index in [1.165, 1.54) is 12.1 Å². The van der Waals surface area contributed by atoms with Gasteiger partial charge in [-0.15, -0.1) is 0 Å². The van der Waals surface area contributed by atoms with Crippen molar-refractivity contribution in [2.24, 2.45) is 5.92 Å². The normalized spacial score (nSPS) is 12.2. The third-order valence-electron chi connectivity index (χ3n) is 2.36. The number of hydrogen-bond acceptors (Lipinski definition) is 2. The minimum Gasteiger partial charge on any atom is -0.352 e. The van der Waals surface area contributed by atoms with Gasteiger partial charge in [0.2, 0.25) is 0 Å². The number of nitrogens with one attached hydrogen (secondary N) is 2. The zero-order chi connectivity index (χ0) is 12.8. The zero-order valence-corrected chi connectivity index (χ0v) is 9.89. The van der Waals surface area contributed by atoms with Crippen LogP contribution in [0.1, 0.15) is 17.3 Å². The van der Waals surface area contributed by atoms with Crippen molar-refractivity contribution >= 4 is 5.91 Å². The van der Waals surface area contributed by atoms with Gasteiger partial charge < -0.3 is 10.6 Å². The molecule has 0 bridgehead atoms. The van der Waals surface area contributed by atoms with Crippen LogP contribution in [-0.4, -0.2) is 26.0 Å². The predicted octanol–water partition coefficient (Wildman–Crippen LogP) is 1.55. The van der Waals surface area contributed by atoms with Crippen molar-refractivity contribution in [3.8, 4) is 0 Å². The Morgan fingerprint density at radius 1 is 1.35 bits per heavy atom. The molecule has 0 spiro atoms. The summed E-state index contributed by atoms with van der Waals surface area (Å²) in [6.07, 6.45) is 0. The van der Waals surface area contributed by atoms with Crippen LogP contribution in [0.25, 0.3) is 0 Å². The SMILES string of the molecule is CNC[C@@H](C)CNC(=O)c1cccc(F)c1F. The van der Waals surface area contributed by atoms with E-state index >= 15 is 0 Å². The third kappa shape index (κ3) is 3.78. The van der Waals surface area contributed by atoms with E-state index in [2.05, 4.69) is 10.6 Å². The first-order valence-electron chi connectivity index (χ1n) is 5.43. The molecule has 0 radical (unpaired) electrons. The number of amides is 1. The smallest absolute Gasteiger partial charge is 0.254 e. The molecule has 1 rings (SSSR count). The average molecular weight is 242 g/mol. The van der Waals surface area contributed by atoms with Crippen LogP contribution >= 0.6 is 0 Å². The Bertz CT molecular complexity index is 396. The van der Waals surface area contributed by atoms with Gasteiger partial charge in [-0.25, -0.2) is 8.78 Å². The summed E-state index contributed by atoms with van der Waals surface area (Å²) in [7, 11) is 1.81. The van der Waals surface area contributed by atoms with Crippen LogP contribution in [0, 0.1) is 17.6 Å². The van der Waals surface area contributed by atoms with Crippen LogP contribution in [0.5, 0.6) is 0 Å². The van der Waals surface area contributed by atoms with Gasteiger partial charge in [0.25, 0.3) is 5.91 Å². The number of carbonyl (C=O) groups excluding carboxylic acids is 1. The molecule has 3 nitrogen and oxygen atoms in total. The van der Waals surface area contributed by atoms with E-state index in [0.29, 0.717) is 6.54 Å². The molecule has 0 fully saturated rings. The first-order chi connectivity index (χ1) is 8.06. The van der Waals surface area contributed by atoms with E-state index in [1.807, 2.05) is 14.0 Å². The van der Waals surface area contributed by atoms with Crippen molar-refractivity contribution in [3.05, 3.63) is 35.4 Å². The van der Waals surface area contributed by atoms with Crippen LogP contribution in [-0.2, 0) is 0 Å². The fraction of sp³-hybridized carbons (Fsp3) is 0.417. The molecule has 1 aromatic carbocycles. The summed E-state index contributed by atoms with van der Waals surface area (Å²) in [5, 5.41) is 5.53. The summed E-state index contributed by atoms with van der Waals surface area (Å²) in [6.45, 7) is 3.10. The molecule has 0 aromatic heterocycles. The number of benzene rings is 1. The fourth-order valence-corrected chi connectivity index (χ4v) is 1.46. The summed E-state index contributed by atoms with van der Waals surface area (Å²) < 4.78 is 26.2. The highest BCUT2D eigenvalue weighted by Crippen LogP contribution is 2.11. The average Bonchev–Trinajstić information content (AvgIpc) is 2.30. The summed E-state index contributed by atoms with van der Waals surface area (Å²) in [5.41, 5.74) is -0.262. The van der Waals surface area contributed by atoms with Gasteiger partial charge in [0.05, 0.1) is 5.56 Å². The van der Waals surface area contributed by atoms with Crippen molar-refractivity contribution < 1.29 is 13.6 Å². The van der Waals surface area contributed by atoms with E-state index < -0.39 is 17.5 Å². The largest absolute Gasteiger partial charge is 0.352 e. The molecule has 0 unspecified atom stereocenters. The number of rotatable bonds is 5. The highest BCUT2D eigenvalue weighted by molar-refractivity contribution is 5.94. The molecule has 0 aliphatic rings. The second kappa shape index (κ2) is 6.30. The Morgan fingerprint density at radius 2 is 2.06 bits per heavy atom. The summed E-state index contributed by atoms with van der Waals surface area (Å²) in [4.78, 5) is 11.6. The lowest BCUT2D eigenvalue weighted by Gasteiger charge is -2.12. The Morgan fingerprint density at radius 3 is 2.71 bits per heavy atom. The van der Waals surface area contributed by atoms with E-state index in [-0.39, 0.29) is 11.5 Å². The van der Waals surface area contributed by atoms with Gasteiger partial charge in [-0.1, -0.05) is 13.0 Å². The third-order valence-corrected chi connectivity index (χ3v) is 2.36. The molecule has 0 saturated carbocycles. The molecule has 17 heavy (non-hydrogen) atoms. The van der Waals surface area contributed by atoms with Gasteiger partial charge >= 0.3 is 0 Å². The minimum absolute atomic E-state index is 0.223. The Kier molecular flexibility index (Phi) is 5.03. The van der Waals surface area contributed by atoms with Crippen LogP contribution in [0.4, 0.5) is 8.78 Å². The van der Waals surface area contributed by atoms with Gasteiger partial charge in [-0.05, 0) is 31.6 Å². The molecule has 1 aromatic rings. The van der Waals surface area contributed by atoms with Crippen LogP contribution in [0.2, 0.25) is 0 Å². The lowest BCUT2D eigenvalue weighted by Crippen LogP contribution is -2.32. The number of halogens is 2. The molecule has 94 valence electrons. The molecule has 0 aliphatic carbocycles. The number of hydrogen-bond donors (Lipinski definition) is 2. The predicted molar refractivity (Wildman–Crippen MR) is 61.8 cm³/mol. The quantitative estimate of drug-likeness (QED) is 0.822. The van der Waals surface area contributed by atoms with Crippen molar-refractivity contribution in [2.45, 2.75) is 6.92 Å². The monoisotopic (exact) mass is 242 g/mol. The maximum absolute atomic E-state index is 13.3. The second-order valence-electron chi connectivity index (χ2n) is 3.97. The lowest BCUT2D eigenvalue weighted by molar-refractivity contribution is 0.0943. The Hall–Kier alpha value is -1.49. The van der Waals surface area contributed by atoms with E-state index in [0.717, 1.165) is 12.6 Å². The standard InChI is InChI=1S/C12H16F2N2O/c1-8(6-15-2)7-16-12(17)9-4-3-5-10(13)11(9)14/h3-5,8,15H,6-7H2,1-2H3,(H,16,17)/t8-/m1/s1. The summed E-state index contributed by atoms with van der Waals surface area (Å²) in [6, 6.07) is 3.55. The van der Waals surface area contributed by atoms with Gasteiger partial charge in [-0.3, -0.25) is 4.79 Å². The van der Waals surface area contributed by atoms with Crippen molar-refractivity contribution in [3.63, 3.8) is 0 Å². The van der Waals surface area contributed by atoms with Gasteiger partial charge in [0.15, 0.2) is 11.6 Å². The molecule has 0 heterocycles. The molecular formula is C12H16F2N2O. The maximum Gasteiger partial charge on any atom is 0.254 e. The summed E-state index contributed by atoms with van der Waals surface area (Å²) in [5.74, 6) is -2.49. The lowest BCUT2D eigenvalue weighted by atomic mass is 10.1. The van der Waals surface area contributed by atoms with Crippen LogP contribution in [0.3, 0.4) is 0 Å². The first-order valence-corrected chi connectivity index (χ1v) is 5.43. The molecule has 2 N–H and O–H groups in total. The van der Waals surface area contributed by atoms with Crippen molar-refractivity contribution in [2.75, 3.05) is 20.1 Å². The van der Waals surface area contributed by atoms with Crippen molar-refractivity contribution in [1.82, 2.24) is 10.6 Å². The molecule has 0 aliphatic heterocycles. The molecule has 1 atom stereocenters. The molecule has 1 amide bonds. The second-order valence-corrected chi connectivity index (χ2v) is 3.97. The highest BCUT2D eigenvalue weighted by atomic mass is 19.2. The van der Waals surface area contributed by atoms with Crippen molar-refractivity contribution in [1.29, 1.82) is 0 Å². The topological polar surface area (TPSA) is 41.1 Å².